The Morgan fingerprint density at radius 2 is 1.87 bits per heavy atom. The zero-order valence-corrected chi connectivity index (χ0v) is 18.7. The van der Waals surface area contributed by atoms with E-state index in [-0.39, 0.29) is 17.6 Å². The summed E-state index contributed by atoms with van der Waals surface area (Å²) >= 11 is 2.84. The summed E-state index contributed by atoms with van der Waals surface area (Å²) in [6.07, 6.45) is 2.39. The lowest BCUT2D eigenvalue weighted by Gasteiger charge is -2.07. The number of nitrogens with zero attached hydrogens (tertiary/aromatic N) is 1. The van der Waals surface area contributed by atoms with Gasteiger partial charge in [-0.3, -0.25) is 9.59 Å². The van der Waals surface area contributed by atoms with Crippen molar-refractivity contribution in [2.75, 3.05) is 16.4 Å². The van der Waals surface area contributed by atoms with Crippen molar-refractivity contribution in [2.24, 2.45) is 0 Å². The van der Waals surface area contributed by atoms with E-state index < -0.39 is 0 Å². The lowest BCUT2D eigenvalue weighted by molar-refractivity contribution is -0.116. The van der Waals surface area contributed by atoms with E-state index in [9.17, 15) is 9.59 Å². The molecule has 0 atom stereocenters. The van der Waals surface area contributed by atoms with Crippen LogP contribution in [0.4, 0.5) is 10.8 Å². The summed E-state index contributed by atoms with van der Waals surface area (Å²) in [5, 5.41) is 8.30. The molecule has 5 nitrogen and oxygen atoms in total. The number of unbranched alkanes of at least 4 members (excludes halogenated alkanes) is 1. The number of benzene rings is 2. The number of hydrogen-bond donors (Lipinski definition) is 2. The van der Waals surface area contributed by atoms with Crippen molar-refractivity contribution in [3.8, 4) is 11.3 Å². The number of aromatic nitrogens is 1. The minimum Gasteiger partial charge on any atom is -0.326 e. The number of aryl methyl sites for hydroxylation is 1. The zero-order chi connectivity index (χ0) is 21.3. The van der Waals surface area contributed by atoms with Crippen LogP contribution in [-0.2, 0) is 9.59 Å². The van der Waals surface area contributed by atoms with Crippen LogP contribution in [0.3, 0.4) is 0 Å². The maximum Gasteiger partial charge on any atom is 0.236 e. The Morgan fingerprint density at radius 1 is 1.07 bits per heavy atom. The van der Waals surface area contributed by atoms with Gasteiger partial charge in [-0.05, 0) is 31.5 Å². The first kappa shape index (κ1) is 22.1. The Morgan fingerprint density at radius 3 is 2.63 bits per heavy atom. The van der Waals surface area contributed by atoms with Crippen molar-refractivity contribution in [1.29, 1.82) is 0 Å². The van der Waals surface area contributed by atoms with E-state index in [4.69, 9.17) is 0 Å². The highest BCUT2D eigenvalue weighted by atomic mass is 32.2. The van der Waals surface area contributed by atoms with Gasteiger partial charge in [0.1, 0.15) is 0 Å². The average molecular weight is 440 g/mol. The Labute approximate surface area is 185 Å². The molecular formula is C23H25N3O2S2. The number of thiazole rings is 1. The van der Waals surface area contributed by atoms with E-state index in [0.717, 1.165) is 34.7 Å². The Balaban J connectivity index is 1.51. The number of carbonyl (C=O) groups excluding carboxylic acids is 2. The number of hydrogen-bond acceptors (Lipinski definition) is 5. The standard InChI is InChI=1S/C23H25N3O2S2/c1-3-4-8-21(27)24-18-6-5-7-19(13-18)29-15-22(28)26-23-25-20(14-30-23)17-11-9-16(2)10-12-17/h5-7,9-14H,3-4,8,15H2,1-2H3,(H,24,27)(H,25,26,28). The van der Waals surface area contributed by atoms with Crippen molar-refractivity contribution >= 4 is 45.7 Å². The molecule has 1 aromatic heterocycles. The van der Waals surface area contributed by atoms with Gasteiger partial charge in [0, 0.05) is 27.9 Å². The minimum atomic E-state index is -0.109. The van der Waals surface area contributed by atoms with Crippen LogP contribution >= 0.6 is 23.1 Å². The maximum atomic E-state index is 12.3. The third-order valence-corrected chi connectivity index (χ3v) is 6.09. The highest BCUT2D eigenvalue weighted by Gasteiger charge is 2.09. The molecule has 0 aliphatic rings. The summed E-state index contributed by atoms with van der Waals surface area (Å²) in [6, 6.07) is 15.7. The molecular weight excluding hydrogens is 414 g/mol. The number of anilines is 2. The molecule has 7 heteroatoms. The molecule has 3 rings (SSSR count). The first-order valence-electron chi connectivity index (χ1n) is 9.88. The average Bonchev–Trinajstić information content (AvgIpc) is 3.20. The van der Waals surface area contributed by atoms with Crippen LogP contribution in [0.15, 0.2) is 58.8 Å². The smallest absolute Gasteiger partial charge is 0.236 e. The monoisotopic (exact) mass is 439 g/mol. The number of amides is 2. The summed E-state index contributed by atoms with van der Waals surface area (Å²) in [4.78, 5) is 29.6. The molecule has 2 amide bonds. The predicted molar refractivity (Wildman–Crippen MR) is 126 cm³/mol. The second-order valence-corrected chi connectivity index (χ2v) is 8.83. The largest absolute Gasteiger partial charge is 0.326 e. The van der Waals surface area contributed by atoms with Gasteiger partial charge >= 0.3 is 0 Å². The van der Waals surface area contributed by atoms with Gasteiger partial charge in [-0.25, -0.2) is 4.98 Å². The van der Waals surface area contributed by atoms with Crippen LogP contribution in [0, 0.1) is 6.92 Å². The highest BCUT2D eigenvalue weighted by molar-refractivity contribution is 8.00. The summed E-state index contributed by atoms with van der Waals surface area (Å²) in [6.45, 7) is 4.11. The van der Waals surface area contributed by atoms with Crippen molar-refractivity contribution in [1.82, 2.24) is 4.98 Å². The third kappa shape index (κ3) is 6.71. The molecule has 0 saturated carbocycles. The van der Waals surface area contributed by atoms with Gasteiger partial charge in [0.25, 0.3) is 0 Å². The predicted octanol–water partition coefficient (Wildman–Crippen LogP) is 5.98. The molecule has 1 heterocycles. The summed E-state index contributed by atoms with van der Waals surface area (Å²) < 4.78 is 0. The molecule has 156 valence electrons. The fourth-order valence-electron chi connectivity index (χ4n) is 2.72. The summed E-state index contributed by atoms with van der Waals surface area (Å²) in [7, 11) is 0. The molecule has 0 unspecified atom stereocenters. The van der Waals surface area contributed by atoms with Crippen LogP contribution in [0.1, 0.15) is 31.7 Å². The first-order chi connectivity index (χ1) is 14.5. The van der Waals surface area contributed by atoms with Gasteiger partial charge in [0.2, 0.25) is 11.8 Å². The number of carbonyl (C=O) groups is 2. The van der Waals surface area contributed by atoms with Gasteiger partial charge in [0.15, 0.2) is 5.13 Å². The van der Waals surface area contributed by atoms with E-state index in [1.54, 1.807) is 0 Å². The Bertz CT molecular complexity index is 1000. The lowest BCUT2D eigenvalue weighted by Crippen LogP contribution is -2.14. The molecule has 0 saturated heterocycles. The SMILES string of the molecule is CCCCC(=O)Nc1cccc(SCC(=O)Nc2nc(-c3ccc(C)cc3)cs2)c1. The first-order valence-corrected chi connectivity index (χ1v) is 11.7. The molecule has 3 aromatic rings. The van der Waals surface area contributed by atoms with E-state index in [2.05, 4.69) is 22.5 Å². The summed E-state index contributed by atoms with van der Waals surface area (Å²) in [5.74, 6) is 0.180. The normalized spacial score (nSPS) is 10.6. The van der Waals surface area contributed by atoms with Crippen molar-refractivity contribution in [3.05, 3.63) is 59.5 Å². The zero-order valence-electron chi connectivity index (χ0n) is 17.1. The van der Waals surface area contributed by atoms with Crippen molar-refractivity contribution < 1.29 is 9.59 Å². The van der Waals surface area contributed by atoms with Gasteiger partial charge in [-0.15, -0.1) is 23.1 Å². The van der Waals surface area contributed by atoms with E-state index in [0.29, 0.717) is 11.6 Å². The van der Waals surface area contributed by atoms with Gasteiger partial charge in [0.05, 0.1) is 11.4 Å². The second kappa shape index (κ2) is 10.9. The maximum absolute atomic E-state index is 12.3. The fraction of sp³-hybridized carbons (Fsp3) is 0.261. The molecule has 0 aliphatic carbocycles. The van der Waals surface area contributed by atoms with E-state index in [1.807, 2.05) is 60.8 Å². The molecule has 0 fully saturated rings. The molecule has 0 aliphatic heterocycles. The van der Waals surface area contributed by atoms with E-state index in [1.165, 1.54) is 28.7 Å². The topological polar surface area (TPSA) is 71.1 Å². The lowest BCUT2D eigenvalue weighted by atomic mass is 10.1. The third-order valence-electron chi connectivity index (χ3n) is 4.34. The molecule has 2 aromatic carbocycles. The van der Waals surface area contributed by atoms with Gasteiger partial charge in [-0.1, -0.05) is 49.2 Å². The molecule has 0 bridgehead atoms. The molecule has 0 spiro atoms. The minimum absolute atomic E-state index is 0.0184. The molecule has 0 radical (unpaired) electrons. The van der Waals surface area contributed by atoms with Gasteiger partial charge in [-0.2, -0.15) is 0 Å². The van der Waals surface area contributed by atoms with Crippen molar-refractivity contribution in [3.63, 3.8) is 0 Å². The van der Waals surface area contributed by atoms with Crippen LogP contribution in [0.25, 0.3) is 11.3 Å². The van der Waals surface area contributed by atoms with Gasteiger partial charge < -0.3 is 10.6 Å². The quantitative estimate of drug-likeness (QED) is 0.403. The number of thioether (sulfide) groups is 1. The Hall–Kier alpha value is -2.64. The van der Waals surface area contributed by atoms with Crippen molar-refractivity contribution in [2.45, 2.75) is 38.0 Å². The van der Waals surface area contributed by atoms with Crippen LogP contribution in [0.2, 0.25) is 0 Å². The van der Waals surface area contributed by atoms with Crippen LogP contribution in [-0.4, -0.2) is 22.6 Å². The molecule has 30 heavy (non-hydrogen) atoms. The fourth-order valence-corrected chi connectivity index (χ4v) is 4.21. The molecule has 2 N–H and O–H groups in total. The summed E-state index contributed by atoms with van der Waals surface area (Å²) in [5.41, 5.74) is 3.84. The Kier molecular flexibility index (Phi) is 8.04. The number of rotatable bonds is 9. The second-order valence-electron chi connectivity index (χ2n) is 6.92. The van der Waals surface area contributed by atoms with Crippen LogP contribution in [0.5, 0.6) is 0 Å². The highest BCUT2D eigenvalue weighted by Crippen LogP contribution is 2.26. The van der Waals surface area contributed by atoms with E-state index >= 15 is 0 Å². The number of nitrogens with one attached hydrogen (secondary N) is 2. The van der Waals surface area contributed by atoms with Crippen LogP contribution < -0.4 is 10.6 Å².